The SMILES string of the molecule is C[C@@H]1CNC[C@H](C)[N]1. The number of piperazine rings is 1. The standard InChI is InChI=1S/C6H13N2/c1-5-3-7-4-6(2)8-5/h5-7H,3-4H2,1-2H3/t5-,6+. The van der Waals surface area contributed by atoms with Crippen molar-refractivity contribution >= 4 is 0 Å². The van der Waals surface area contributed by atoms with Gasteiger partial charge in [-0.1, -0.05) is 0 Å². The number of hydrogen-bond donors (Lipinski definition) is 1. The summed E-state index contributed by atoms with van der Waals surface area (Å²) >= 11 is 0. The summed E-state index contributed by atoms with van der Waals surface area (Å²) < 4.78 is 0. The Hall–Kier alpha value is -0.0800. The molecule has 0 amide bonds. The van der Waals surface area contributed by atoms with Crippen LogP contribution in [0.25, 0.3) is 0 Å². The molecule has 1 saturated heterocycles. The Morgan fingerprint density at radius 3 is 2.00 bits per heavy atom. The fraction of sp³-hybridized carbons (Fsp3) is 1.00. The Morgan fingerprint density at radius 1 is 1.25 bits per heavy atom. The molecule has 1 fully saturated rings. The van der Waals surface area contributed by atoms with Crippen LogP contribution >= 0.6 is 0 Å². The first-order chi connectivity index (χ1) is 3.79. The highest BCUT2D eigenvalue weighted by Gasteiger charge is 2.13. The third-order valence-electron chi connectivity index (χ3n) is 1.39. The molecule has 1 N–H and O–H groups in total. The molecule has 47 valence electrons. The Labute approximate surface area is 50.7 Å². The normalized spacial score (nSPS) is 39.8. The smallest absolute Gasteiger partial charge is 0.0346 e. The van der Waals surface area contributed by atoms with Crippen LogP contribution in [0.5, 0.6) is 0 Å². The van der Waals surface area contributed by atoms with Gasteiger partial charge in [0.2, 0.25) is 0 Å². The molecule has 2 atom stereocenters. The van der Waals surface area contributed by atoms with Crippen LogP contribution in [0.2, 0.25) is 0 Å². The van der Waals surface area contributed by atoms with Crippen LogP contribution < -0.4 is 10.6 Å². The molecule has 0 aliphatic carbocycles. The van der Waals surface area contributed by atoms with Gasteiger partial charge in [-0.25, -0.2) is 5.32 Å². The van der Waals surface area contributed by atoms with Crippen molar-refractivity contribution in [3.8, 4) is 0 Å². The lowest BCUT2D eigenvalue weighted by molar-refractivity contribution is 0.362. The minimum absolute atomic E-state index is 0.527. The molecular weight excluding hydrogens is 100 g/mol. The lowest BCUT2D eigenvalue weighted by Gasteiger charge is -2.24. The lowest BCUT2D eigenvalue weighted by Crippen LogP contribution is -2.47. The molecular formula is C6H13N2. The van der Waals surface area contributed by atoms with Gasteiger partial charge in [-0.15, -0.1) is 0 Å². The average Bonchev–Trinajstić information content (AvgIpc) is 1.64. The first kappa shape index (κ1) is 6.05. The van der Waals surface area contributed by atoms with Crippen molar-refractivity contribution in [3.05, 3.63) is 0 Å². The van der Waals surface area contributed by atoms with E-state index in [9.17, 15) is 0 Å². The molecule has 0 bridgehead atoms. The van der Waals surface area contributed by atoms with E-state index in [2.05, 4.69) is 24.5 Å². The molecule has 0 aromatic heterocycles. The highest BCUT2D eigenvalue weighted by molar-refractivity contribution is 4.76. The van der Waals surface area contributed by atoms with Crippen molar-refractivity contribution in [2.24, 2.45) is 0 Å². The largest absolute Gasteiger partial charge is 0.314 e. The minimum Gasteiger partial charge on any atom is -0.314 e. The molecule has 8 heavy (non-hydrogen) atoms. The van der Waals surface area contributed by atoms with E-state index in [1.165, 1.54) is 0 Å². The quantitative estimate of drug-likeness (QED) is 0.469. The second-order valence-corrected chi connectivity index (χ2v) is 2.51. The predicted molar refractivity (Wildman–Crippen MR) is 33.9 cm³/mol. The summed E-state index contributed by atoms with van der Waals surface area (Å²) in [5, 5.41) is 7.71. The summed E-state index contributed by atoms with van der Waals surface area (Å²) in [6.07, 6.45) is 0. The maximum absolute atomic E-state index is 4.42. The van der Waals surface area contributed by atoms with Gasteiger partial charge in [-0.3, -0.25) is 0 Å². The van der Waals surface area contributed by atoms with Crippen molar-refractivity contribution in [2.45, 2.75) is 25.9 Å². The number of hydrogen-bond acceptors (Lipinski definition) is 1. The predicted octanol–water partition coefficient (Wildman–Crippen LogP) is -0.0290. The van der Waals surface area contributed by atoms with Gasteiger partial charge in [0.1, 0.15) is 0 Å². The molecule has 1 aliphatic heterocycles. The topological polar surface area (TPSA) is 26.1 Å². The first-order valence-electron chi connectivity index (χ1n) is 3.19. The average molecular weight is 113 g/mol. The molecule has 2 heteroatoms. The van der Waals surface area contributed by atoms with Gasteiger partial charge < -0.3 is 5.32 Å². The van der Waals surface area contributed by atoms with Gasteiger partial charge in [0.25, 0.3) is 0 Å². The van der Waals surface area contributed by atoms with Crippen molar-refractivity contribution in [1.82, 2.24) is 10.6 Å². The van der Waals surface area contributed by atoms with E-state index >= 15 is 0 Å². The van der Waals surface area contributed by atoms with E-state index in [-0.39, 0.29) is 0 Å². The van der Waals surface area contributed by atoms with E-state index < -0.39 is 0 Å². The van der Waals surface area contributed by atoms with Crippen molar-refractivity contribution in [2.75, 3.05) is 13.1 Å². The lowest BCUT2D eigenvalue weighted by atomic mass is 10.2. The van der Waals surface area contributed by atoms with Crippen LogP contribution in [0.1, 0.15) is 13.8 Å². The molecule has 0 saturated carbocycles. The van der Waals surface area contributed by atoms with Crippen LogP contribution in [0.4, 0.5) is 0 Å². The highest BCUT2D eigenvalue weighted by atomic mass is 15.1. The zero-order valence-electron chi connectivity index (χ0n) is 5.52. The third-order valence-corrected chi connectivity index (χ3v) is 1.39. The Kier molecular flexibility index (Phi) is 1.86. The van der Waals surface area contributed by atoms with Crippen LogP contribution in [-0.4, -0.2) is 25.2 Å². The molecule has 1 radical (unpaired) electrons. The summed E-state index contributed by atoms with van der Waals surface area (Å²) in [6.45, 7) is 6.40. The van der Waals surface area contributed by atoms with Gasteiger partial charge in [-0.05, 0) is 13.8 Å². The van der Waals surface area contributed by atoms with Gasteiger partial charge in [0.15, 0.2) is 0 Å². The molecule has 1 heterocycles. The van der Waals surface area contributed by atoms with Crippen molar-refractivity contribution in [3.63, 3.8) is 0 Å². The summed E-state index contributed by atoms with van der Waals surface area (Å²) in [6, 6.07) is 1.05. The molecule has 1 rings (SSSR count). The summed E-state index contributed by atoms with van der Waals surface area (Å²) in [4.78, 5) is 0. The van der Waals surface area contributed by atoms with Crippen molar-refractivity contribution < 1.29 is 0 Å². The van der Waals surface area contributed by atoms with E-state index in [0.717, 1.165) is 13.1 Å². The highest BCUT2D eigenvalue weighted by Crippen LogP contribution is 1.93. The number of nitrogens with one attached hydrogen (secondary N) is 1. The van der Waals surface area contributed by atoms with Crippen LogP contribution in [0, 0.1) is 0 Å². The van der Waals surface area contributed by atoms with Gasteiger partial charge >= 0.3 is 0 Å². The van der Waals surface area contributed by atoms with Crippen LogP contribution in [0.15, 0.2) is 0 Å². The van der Waals surface area contributed by atoms with Crippen LogP contribution in [0.3, 0.4) is 0 Å². The maximum atomic E-state index is 4.42. The minimum atomic E-state index is 0.527. The third kappa shape index (κ3) is 1.46. The van der Waals surface area contributed by atoms with E-state index in [4.69, 9.17) is 0 Å². The van der Waals surface area contributed by atoms with Crippen LogP contribution in [-0.2, 0) is 0 Å². The first-order valence-corrected chi connectivity index (χ1v) is 3.19. The monoisotopic (exact) mass is 113 g/mol. The Morgan fingerprint density at radius 2 is 1.75 bits per heavy atom. The van der Waals surface area contributed by atoms with Gasteiger partial charge in [0.05, 0.1) is 0 Å². The summed E-state index contributed by atoms with van der Waals surface area (Å²) in [5.74, 6) is 0. The van der Waals surface area contributed by atoms with Gasteiger partial charge in [0, 0.05) is 25.2 Å². The number of rotatable bonds is 0. The second kappa shape index (κ2) is 2.46. The molecule has 0 unspecified atom stereocenters. The summed E-state index contributed by atoms with van der Waals surface area (Å²) in [5.41, 5.74) is 0. The van der Waals surface area contributed by atoms with Crippen molar-refractivity contribution in [1.29, 1.82) is 0 Å². The molecule has 1 aliphatic rings. The van der Waals surface area contributed by atoms with E-state index in [1.54, 1.807) is 0 Å². The fourth-order valence-electron chi connectivity index (χ4n) is 1.04. The number of nitrogens with zero attached hydrogens (tertiary/aromatic N) is 1. The Balaban J connectivity index is 2.23. The zero-order valence-corrected chi connectivity index (χ0v) is 5.52. The van der Waals surface area contributed by atoms with E-state index in [0.29, 0.717) is 12.1 Å². The maximum Gasteiger partial charge on any atom is 0.0346 e. The van der Waals surface area contributed by atoms with Gasteiger partial charge in [-0.2, -0.15) is 0 Å². The van der Waals surface area contributed by atoms with E-state index in [1.807, 2.05) is 0 Å². The fourth-order valence-corrected chi connectivity index (χ4v) is 1.04. The molecule has 2 nitrogen and oxygen atoms in total. The molecule has 0 aromatic carbocycles. The Bertz CT molecular complexity index is 64.9. The molecule has 0 aromatic rings. The second-order valence-electron chi connectivity index (χ2n) is 2.51. The summed E-state index contributed by atoms with van der Waals surface area (Å²) in [7, 11) is 0. The zero-order chi connectivity index (χ0) is 5.98. The molecule has 0 spiro atoms.